The van der Waals surface area contributed by atoms with Gasteiger partial charge in [-0.3, -0.25) is 15.1 Å². The summed E-state index contributed by atoms with van der Waals surface area (Å²) in [6.45, 7) is 0. The number of anilines is 1. The van der Waals surface area contributed by atoms with Gasteiger partial charge in [-0.15, -0.1) is 0 Å². The molecule has 3 N–H and O–H groups in total. The molecular formula is C10H14N4O2. The monoisotopic (exact) mass is 222 g/mol. The van der Waals surface area contributed by atoms with Crippen molar-refractivity contribution in [3.8, 4) is 0 Å². The summed E-state index contributed by atoms with van der Waals surface area (Å²) >= 11 is 0. The average Bonchev–Trinajstić information content (AvgIpc) is 2.65. The van der Waals surface area contributed by atoms with Gasteiger partial charge >= 0.3 is 5.69 Å². The van der Waals surface area contributed by atoms with E-state index in [1.807, 2.05) is 0 Å². The van der Waals surface area contributed by atoms with Gasteiger partial charge in [0.15, 0.2) is 0 Å². The Hall–Kier alpha value is -1.69. The molecule has 2 unspecified atom stereocenters. The highest BCUT2D eigenvalue weighted by atomic mass is 16.6. The summed E-state index contributed by atoms with van der Waals surface area (Å²) in [4.78, 5) is 14.1. The molecule has 1 heterocycles. The number of hydrogen-bond acceptors (Lipinski definition) is 5. The SMILES string of the molecule is NC1CCCC1Nc1ccncc1[N+](=O)[O-]. The highest BCUT2D eigenvalue weighted by molar-refractivity contribution is 5.60. The summed E-state index contributed by atoms with van der Waals surface area (Å²) in [5.41, 5.74) is 6.41. The molecule has 1 aliphatic rings. The molecule has 1 aromatic rings. The third-order valence-electron chi connectivity index (χ3n) is 2.91. The average molecular weight is 222 g/mol. The zero-order valence-electron chi connectivity index (χ0n) is 8.80. The van der Waals surface area contributed by atoms with Crippen molar-refractivity contribution in [1.82, 2.24) is 4.98 Å². The molecule has 0 radical (unpaired) electrons. The fraction of sp³-hybridized carbons (Fsp3) is 0.500. The van der Waals surface area contributed by atoms with Crippen molar-refractivity contribution in [2.24, 2.45) is 5.73 Å². The van der Waals surface area contributed by atoms with Crippen LogP contribution >= 0.6 is 0 Å². The fourth-order valence-electron chi connectivity index (χ4n) is 2.02. The number of nitrogens with one attached hydrogen (secondary N) is 1. The van der Waals surface area contributed by atoms with E-state index in [1.54, 1.807) is 6.07 Å². The number of pyridine rings is 1. The summed E-state index contributed by atoms with van der Waals surface area (Å²) in [5, 5.41) is 13.9. The van der Waals surface area contributed by atoms with E-state index in [4.69, 9.17) is 5.73 Å². The number of hydrogen-bond donors (Lipinski definition) is 2. The Morgan fingerprint density at radius 2 is 2.38 bits per heavy atom. The lowest BCUT2D eigenvalue weighted by molar-refractivity contribution is -0.384. The quantitative estimate of drug-likeness (QED) is 0.593. The summed E-state index contributed by atoms with van der Waals surface area (Å²) in [6, 6.07) is 1.82. The van der Waals surface area contributed by atoms with E-state index in [1.165, 1.54) is 12.4 Å². The van der Waals surface area contributed by atoms with Crippen LogP contribution in [0.2, 0.25) is 0 Å². The molecule has 2 rings (SSSR count). The number of nitrogens with zero attached hydrogens (tertiary/aromatic N) is 2. The molecule has 0 spiro atoms. The Bertz CT molecular complexity index is 396. The first-order valence-electron chi connectivity index (χ1n) is 5.29. The van der Waals surface area contributed by atoms with Gasteiger partial charge in [0.2, 0.25) is 0 Å². The van der Waals surface area contributed by atoms with Gasteiger partial charge in [0, 0.05) is 18.3 Å². The molecule has 0 amide bonds. The topological polar surface area (TPSA) is 94.1 Å². The van der Waals surface area contributed by atoms with E-state index in [0.717, 1.165) is 19.3 Å². The van der Waals surface area contributed by atoms with Gasteiger partial charge in [-0.05, 0) is 25.3 Å². The predicted molar refractivity (Wildman–Crippen MR) is 60.1 cm³/mol. The smallest absolute Gasteiger partial charge is 0.310 e. The van der Waals surface area contributed by atoms with E-state index < -0.39 is 4.92 Å². The second kappa shape index (κ2) is 4.44. The largest absolute Gasteiger partial charge is 0.375 e. The number of nitro groups is 1. The molecule has 6 heteroatoms. The van der Waals surface area contributed by atoms with Crippen molar-refractivity contribution in [1.29, 1.82) is 0 Å². The summed E-state index contributed by atoms with van der Waals surface area (Å²) in [6.07, 6.45) is 5.79. The van der Waals surface area contributed by atoms with Crippen molar-refractivity contribution in [2.45, 2.75) is 31.3 Å². The van der Waals surface area contributed by atoms with Crippen LogP contribution in [0, 0.1) is 10.1 Å². The van der Waals surface area contributed by atoms with Crippen molar-refractivity contribution in [3.05, 3.63) is 28.6 Å². The van der Waals surface area contributed by atoms with Gasteiger partial charge in [0.1, 0.15) is 11.9 Å². The first-order chi connectivity index (χ1) is 7.68. The molecule has 0 saturated heterocycles. The van der Waals surface area contributed by atoms with Gasteiger partial charge in [0.05, 0.1) is 4.92 Å². The lowest BCUT2D eigenvalue weighted by Gasteiger charge is -2.18. The van der Waals surface area contributed by atoms with E-state index >= 15 is 0 Å². The maximum absolute atomic E-state index is 10.8. The number of aromatic nitrogens is 1. The van der Waals surface area contributed by atoms with Gasteiger partial charge in [0.25, 0.3) is 0 Å². The molecule has 1 saturated carbocycles. The van der Waals surface area contributed by atoms with Crippen molar-refractivity contribution >= 4 is 11.4 Å². The maximum Gasteiger partial charge on any atom is 0.310 e. The molecule has 16 heavy (non-hydrogen) atoms. The van der Waals surface area contributed by atoms with Crippen LogP contribution in [0.15, 0.2) is 18.5 Å². The van der Waals surface area contributed by atoms with Crippen LogP contribution in [0.3, 0.4) is 0 Å². The van der Waals surface area contributed by atoms with Crippen molar-refractivity contribution < 1.29 is 4.92 Å². The molecule has 6 nitrogen and oxygen atoms in total. The fourth-order valence-corrected chi connectivity index (χ4v) is 2.02. The summed E-state index contributed by atoms with van der Waals surface area (Å²) in [7, 11) is 0. The maximum atomic E-state index is 10.8. The number of nitrogens with two attached hydrogens (primary N) is 1. The molecule has 0 aromatic carbocycles. The second-order valence-electron chi connectivity index (χ2n) is 4.00. The first kappa shape index (κ1) is 10.8. The van der Waals surface area contributed by atoms with Gasteiger partial charge in [-0.25, -0.2) is 0 Å². The normalized spacial score (nSPS) is 24.3. The van der Waals surface area contributed by atoms with Crippen LogP contribution in [-0.4, -0.2) is 22.0 Å². The van der Waals surface area contributed by atoms with Crippen molar-refractivity contribution in [2.75, 3.05) is 5.32 Å². The van der Waals surface area contributed by atoms with Crippen LogP contribution in [0.25, 0.3) is 0 Å². The first-order valence-corrected chi connectivity index (χ1v) is 5.29. The van der Waals surface area contributed by atoms with Crippen LogP contribution in [0.1, 0.15) is 19.3 Å². The van der Waals surface area contributed by atoms with E-state index in [0.29, 0.717) is 5.69 Å². The van der Waals surface area contributed by atoms with Gasteiger partial charge in [-0.2, -0.15) is 0 Å². The van der Waals surface area contributed by atoms with Crippen LogP contribution in [0.4, 0.5) is 11.4 Å². The molecule has 1 fully saturated rings. The molecule has 0 bridgehead atoms. The van der Waals surface area contributed by atoms with E-state index in [9.17, 15) is 10.1 Å². The number of rotatable bonds is 3. The highest BCUT2D eigenvalue weighted by Crippen LogP contribution is 2.27. The molecule has 1 aromatic heterocycles. The minimum atomic E-state index is -0.435. The Kier molecular flexibility index (Phi) is 3.00. The summed E-state index contributed by atoms with van der Waals surface area (Å²) < 4.78 is 0. The third-order valence-corrected chi connectivity index (χ3v) is 2.91. The Balaban J connectivity index is 2.17. The molecule has 0 aliphatic heterocycles. The minimum Gasteiger partial charge on any atom is -0.375 e. The Labute approximate surface area is 93.0 Å². The second-order valence-corrected chi connectivity index (χ2v) is 4.00. The zero-order valence-corrected chi connectivity index (χ0v) is 8.80. The third kappa shape index (κ3) is 2.11. The lowest BCUT2D eigenvalue weighted by atomic mass is 10.2. The van der Waals surface area contributed by atoms with Gasteiger partial charge < -0.3 is 11.1 Å². The Morgan fingerprint density at radius 3 is 3.00 bits per heavy atom. The molecule has 86 valence electrons. The standard InChI is InChI=1S/C10H14N4O2/c11-7-2-1-3-8(7)13-9-4-5-12-6-10(9)14(15)16/h4-8H,1-3,11H2,(H,12,13). The summed E-state index contributed by atoms with van der Waals surface area (Å²) in [5.74, 6) is 0. The van der Waals surface area contributed by atoms with Crippen LogP contribution in [0.5, 0.6) is 0 Å². The lowest BCUT2D eigenvalue weighted by Crippen LogP contribution is -2.35. The minimum absolute atomic E-state index is 0.00148. The van der Waals surface area contributed by atoms with Crippen LogP contribution < -0.4 is 11.1 Å². The van der Waals surface area contributed by atoms with E-state index in [2.05, 4.69) is 10.3 Å². The van der Waals surface area contributed by atoms with Gasteiger partial charge in [-0.1, -0.05) is 0 Å². The predicted octanol–water partition coefficient (Wildman–Crippen LogP) is 1.28. The Morgan fingerprint density at radius 1 is 1.56 bits per heavy atom. The molecule has 1 aliphatic carbocycles. The molecule has 2 atom stereocenters. The zero-order chi connectivity index (χ0) is 11.5. The van der Waals surface area contributed by atoms with Crippen LogP contribution in [-0.2, 0) is 0 Å². The highest BCUT2D eigenvalue weighted by Gasteiger charge is 2.25. The van der Waals surface area contributed by atoms with Crippen molar-refractivity contribution in [3.63, 3.8) is 0 Å². The molecular weight excluding hydrogens is 208 g/mol. The van der Waals surface area contributed by atoms with E-state index in [-0.39, 0.29) is 17.8 Å².